The molecule has 0 saturated heterocycles. The van der Waals surface area contributed by atoms with Crippen molar-refractivity contribution in [3.05, 3.63) is 163 Å². The van der Waals surface area contributed by atoms with E-state index in [0.29, 0.717) is 0 Å². The van der Waals surface area contributed by atoms with Crippen molar-refractivity contribution in [3.8, 4) is 44.9 Å². The van der Waals surface area contributed by atoms with E-state index in [9.17, 15) is 0 Å². The summed E-state index contributed by atoms with van der Waals surface area (Å²) in [5.74, 6) is 0. The number of hydrogen-bond acceptors (Lipinski definition) is 2. The molecular weight excluding hydrogens is 694 g/mol. The van der Waals surface area contributed by atoms with Crippen molar-refractivity contribution in [2.24, 2.45) is 0 Å². The van der Waals surface area contributed by atoms with Gasteiger partial charge in [-0.2, -0.15) is 0 Å². The fourth-order valence-corrected chi connectivity index (χ4v) is 5.12. The van der Waals surface area contributed by atoms with Gasteiger partial charge in [-0.05, 0) is 63.0 Å². The Labute approximate surface area is 260 Å². The summed E-state index contributed by atoms with van der Waals surface area (Å²) in [6.07, 6.45) is 1.87. The first kappa shape index (κ1) is 27.3. The van der Waals surface area contributed by atoms with Crippen molar-refractivity contribution in [2.45, 2.75) is 0 Å². The second kappa shape index (κ2) is 12.3. The molecule has 0 aliphatic heterocycles. The molecule has 2 heterocycles. The summed E-state index contributed by atoms with van der Waals surface area (Å²) in [6, 6.07) is 52.8. The van der Waals surface area contributed by atoms with Crippen molar-refractivity contribution >= 4 is 22.1 Å². The molecule has 0 spiro atoms. The summed E-state index contributed by atoms with van der Waals surface area (Å²) in [4.78, 5) is 9.78. The van der Waals surface area contributed by atoms with E-state index in [1.165, 1.54) is 0 Å². The minimum absolute atomic E-state index is 0. The Balaban J connectivity index is 0.00000316. The molecular formula is C38H25N3Pt. The predicted molar refractivity (Wildman–Crippen MR) is 169 cm³/mol. The van der Waals surface area contributed by atoms with E-state index in [1.54, 1.807) is 0 Å². The molecule has 0 unspecified atom stereocenters. The summed E-state index contributed by atoms with van der Waals surface area (Å²) in [5.41, 5.74) is 9.53. The number of fused-ring (bicyclic) bond motifs is 1. The van der Waals surface area contributed by atoms with Crippen LogP contribution in [-0.2, 0) is 21.1 Å². The van der Waals surface area contributed by atoms with Crippen LogP contribution in [0.2, 0.25) is 0 Å². The molecule has 0 amide bonds. The summed E-state index contributed by atoms with van der Waals surface area (Å²) in [7, 11) is 0. The molecule has 0 N–H and O–H groups in total. The van der Waals surface area contributed by atoms with Crippen LogP contribution in [0.15, 0.2) is 152 Å². The van der Waals surface area contributed by atoms with Gasteiger partial charge in [0.05, 0.1) is 11.4 Å². The fourth-order valence-electron chi connectivity index (χ4n) is 5.12. The number of rotatable bonds is 6. The van der Waals surface area contributed by atoms with Crippen LogP contribution >= 0.6 is 0 Å². The minimum atomic E-state index is 0. The van der Waals surface area contributed by atoms with E-state index in [4.69, 9.17) is 15.3 Å². The first-order valence-electron chi connectivity index (χ1n) is 13.6. The molecule has 42 heavy (non-hydrogen) atoms. The van der Waals surface area contributed by atoms with Gasteiger partial charge >= 0.3 is 21.1 Å². The Morgan fingerprint density at radius 1 is 0.500 bits per heavy atom. The number of hydrogen-bond donors (Lipinski definition) is 0. The summed E-state index contributed by atoms with van der Waals surface area (Å²) in [6.45, 7) is 0. The number of pyridine rings is 2. The molecule has 202 valence electrons. The standard InChI is InChI=1S/C38H25N3.Pt/c1-3-12-27(13-4-1)31-22-23-39-37(25-31)32-18-9-10-19-35(32)41-38-26-30-17-8-7-16-29(30)24-33(38)36-21-11-20-34(40-36)28-14-5-2-6-15-28;/h1-14,16-26H;/q-2;+2. The Morgan fingerprint density at radius 2 is 1.24 bits per heavy atom. The first-order valence-corrected chi connectivity index (χ1v) is 13.6. The van der Waals surface area contributed by atoms with Gasteiger partial charge in [0.1, 0.15) is 0 Å². The van der Waals surface area contributed by atoms with Crippen LogP contribution in [0.3, 0.4) is 0 Å². The SMILES string of the molecule is [Pt+2].[c-]1ccccc1-c1cccc(-c2cc3ccccc3cc2[N-]c2ccccc2-c2cc(-c3ccccc3)ccn2)n1. The summed E-state index contributed by atoms with van der Waals surface area (Å²) >= 11 is 0. The Hall–Kier alpha value is -4.85. The molecule has 0 aliphatic carbocycles. The van der Waals surface area contributed by atoms with E-state index in [0.717, 1.165) is 67.0 Å². The van der Waals surface area contributed by atoms with Crippen molar-refractivity contribution < 1.29 is 21.1 Å². The van der Waals surface area contributed by atoms with Gasteiger partial charge in [0.15, 0.2) is 0 Å². The molecule has 7 rings (SSSR count). The van der Waals surface area contributed by atoms with Crippen molar-refractivity contribution in [2.75, 3.05) is 0 Å². The zero-order valence-corrected chi connectivity index (χ0v) is 24.9. The molecule has 7 aromatic rings. The second-order valence-corrected chi connectivity index (χ2v) is 9.83. The zero-order valence-electron chi connectivity index (χ0n) is 22.6. The van der Waals surface area contributed by atoms with Crippen LogP contribution in [0, 0.1) is 6.07 Å². The summed E-state index contributed by atoms with van der Waals surface area (Å²) in [5, 5.41) is 7.53. The largest absolute Gasteiger partial charge is 2.00 e. The van der Waals surface area contributed by atoms with Crippen molar-refractivity contribution in [1.82, 2.24) is 9.97 Å². The maximum absolute atomic E-state index is 5.26. The maximum atomic E-state index is 5.26. The average molecular weight is 719 g/mol. The van der Waals surface area contributed by atoms with Crippen LogP contribution in [0.25, 0.3) is 61.0 Å². The quantitative estimate of drug-likeness (QED) is 0.161. The van der Waals surface area contributed by atoms with Crippen LogP contribution < -0.4 is 0 Å². The molecule has 0 fully saturated rings. The zero-order chi connectivity index (χ0) is 27.4. The Kier molecular flexibility index (Phi) is 8.03. The molecule has 0 bridgehead atoms. The third kappa shape index (κ3) is 5.65. The van der Waals surface area contributed by atoms with Crippen LogP contribution in [-0.4, -0.2) is 9.97 Å². The van der Waals surface area contributed by atoms with Crippen molar-refractivity contribution in [1.29, 1.82) is 0 Å². The Morgan fingerprint density at radius 3 is 2.07 bits per heavy atom. The van der Waals surface area contributed by atoms with Crippen molar-refractivity contribution in [3.63, 3.8) is 0 Å². The van der Waals surface area contributed by atoms with E-state index >= 15 is 0 Å². The van der Waals surface area contributed by atoms with Gasteiger partial charge in [-0.3, -0.25) is 9.97 Å². The Bertz CT molecular complexity index is 1970. The average Bonchev–Trinajstić information content (AvgIpc) is 3.06. The van der Waals surface area contributed by atoms with Crippen LogP contribution in [0.1, 0.15) is 0 Å². The predicted octanol–water partition coefficient (Wildman–Crippen LogP) is 10.4. The molecule has 0 atom stereocenters. The van der Waals surface area contributed by atoms with Crippen LogP contribution in [0.5, 0.6) is 0 Å². The van der Waals surface area contributed by atoms with Gasteiger partial charge in [-0.1, -0.05) is 97.1 Å². The second-order valence-electron chi connectivity index (χ2n) is 9.83. The van der Waals surface area contributed by atoms with Crippen LogP contribution in [0.4, 0.5) is 11.4 Å². The molecule has 5 aromatic carbocycles. The molecule has 3 nitrogen and oxygen atoms in total. The van der Waals surface area contributed by atoms with Gasteiger partial charge in [0.25, 0.3) is 0 Å². The van der Waals surface area contributed by atoms with E-state index < -0.39 is 0 Å². The van der Waals surface area contributed by atoms with E-state index in [2.05, 4.69) is 78.9 Å². The number of nitrogens with zero attached hydrogens (tertiary/aromatic N) is 3. The molecule has 4 heteroatoms. The third-order valence-electron chi connectivity index (χ3n) is 7.16. The number of benzene rings is 5. The van der Waals surface area contributed by atoms with Gasteiger partial charge in [0, 0.05) is 6.20 Å². The smallest absolute Gasteiger partial charge is 0.657 e. The topological polar surface area (TPSA) is 39.9 Å². The van der Waals surface area contributed by atoms with Gasteiger partial charge in [-0.25, -0.2) is 0 Å². The number of para-hydroxylation sites is 1. The normalized spacial score (nSPS) is 10.7. The van der Waals surface area contributed by atoms with E-state index in [-0.39, 0.29) is 21.1 Å². The first-order chi connectivity index (χ1) is 20.3. The molecule has 2 aromatic heterocycles. The maximum Gasteiger partial charge on any atom is 2.00 e. The van der Waals surface area contributed by atoms with Gasteiger partial charge in [-0.15, -0.1) is 47.3 Å². The molecule has 0 saturated carbocycles. The third-order valence-corrected chi connectivity index (χ3v) is 7.16. The molecule has 0 aliphatic rings. The monoisotopic (exact) mass is 718 g/mol. The van der Waals surface area contributed by atoms with Gasteiger partial charge in [0.2, 0.25) is 0 Å². The fraction of sp³-hybridized carbons (Fsp3) is 0. The number of aromatic nitrogens is 2. The van der Waals surface area contributed by atoms with Gasteiger partial charge < -0.3 is 5.32 Å². The molecule has 0 radical (unpaired) electrons. The van der Waals surface area contributed by atoms with E-state index in [1.807, 2.05) is 79.0 Å². The minimum Gasteiger partial charge on any atom is -0.657 e. The summed E-state index contributed by atoms with van der Waals surface area (Å²) < 4.78 is 0.